The fourth-order valence-electron chi connectivity index (χ4n) is 1.59. The molecule has 5 heteroatoms. The summed E-state index contributed by atoms with van der Waals surface area (Å²) in [6, 6.07) is 7.45. The molecular formula is C13H15NO3S. The molecule has 1 N–H and O–H groups in total. The van der Waals surface area contributed by atoms with Crippen molar-refractivity contribution in [1.29, 1.82) is 0 Å². The quantitative estimate of drug-likeness (QED) is 0.814. The van der Waals surface area contributed by atoms with Crippen LogP contribution >= 0.6 is 11.3 Å². The lowest BCUT2D eigenvalue weighted by molar-refractivity contribution is 0.142. The average Bonchev–Trinajstić information content (AvgIpc) is 2.93. The Bertz CT molecular complexity index is 473. The van der Waals surface area contributed by atoms with Crippen LogP contribution in [0.25, 0.3) is 0 Å². The van der Waals surface area contributed by atoms with Crippen molar-refractivity contribution < 1.29 is 14.6 Å². The Morgan fingerprint density at radius 1 is 1.33 bits per heavy atom. The van der Waals surface area contributed by atoms with Gasteiger partial charge in [-0.2, -0.15) is 0 Å². The van der Waals surface area contributed by atoms with Gasteiger partial charge in [0.1, 0.15) is 18.5 Å². The number of hydrogen-bond acceptors (Lipinski definition) is 5. The zero-order valence-corrected chi connectivity index (χ0v) is 10.9. The summed E-state index contributed by atoms with van der Waals surface area (Å²) >= 11 is 1.42. The number of para-hydroxylation sites is 1. The molecule has 0 fully saturated rings. The van der Waals surface area contributed by atoms with E-state index in [2.05, 4.69) is 4.98 Å². The van der Waals surface area contributed by atoms with E-state index in [1.807, 2.05) is 24.3 Å². The largest absolute Gasteiger partial charge is 0.491 e. The van der Waals surface area contributed by atoms with Gasteiger partial charge in [-0.15, -0.1) is 11.3 Å². The molecule has 2 aromatic rings. The minimum absolute atomic E-state index is 0.461. The summed E-state index contributed by atoms with van der Waals surface area (Å²) in [5.74, 6) is 0.676. The van der Waals surface area contributed by atoms with Gasteiger partial charge in [0.25, 0.3) is 0 Å². The second-order valence-corrected chi connectivity index (χ2v) is 4.60. The third-order valence-corrected chi connectivity index (χ3v) is 3.31. The van der Waals surface area contributed by atoms with E-state index in [0.29, 0.717) is 19.0 Å². The zero-order valence-electron chi connectivity index (χ0n) is 10.1. The third-order valence-electron chi connectivity index (χ3n) is 2.48. The Labute approximate surface area is 110 Å². The SMILES string of the molecule is COCCOc1ccccc1C(O)c1cncs1. The van der Waals surface area contributed by atoms with Gasteiger partial charge < -0.3 is 14.6 Å². The second-order valence-electron chi connectivity index (χ2n) is 3.69. The first-order valence-corrected chi connectivity index (χ1v) is 6.48. The molecule has 18 heavy (non-hydrogen) atoms. The number of aliphatic hydroxyl groups excluding tert-OH is 1. The molecule has 2 rings (SSSR count). The Hall–Kier alpha value is -1.43. The van der Waals surface area contributed by atoms with E-state index in [4.69, 9.17) is 9.47 Å². The highest BCUT2D eigenvalue weighted by Crippen LogP contribution is 2.31. The molecule has 0 bridgehead atoms. The molecule has 0 radical (unpaired) electrons. The molecule has 1 aromatic carbocycles. The van der Waals surface area contributed by atoms with Gasteiger partial charge in [0.2, 0.25) is 0 Å². The van der Waals surface area contributed by atoms with Gasteiger partial charge >= 0.3 is 0 Å². The third kappa shape index (κ3) is 3.07. The Morgan fingerprint density at radius 3 is 2.89 bits per heavy atom. The minimum Gasteiger partial charge on any atom is -0.491 e. The summed E-state index contributed by atoms with van der Waals surface area (Å²) in [7, 11) is 1.63. The minimum atomic E-state index is -0.698. The number of hydrogen-bond donors (Lipinski definition) is 1. The highest BCUT2D eigenvalue weighted by atomic mass is 32.1. The van der Waals surface area contributed by atoms with Gasteiger partial charge in [-0.1, -0.05) is 18.2 Å². The molecule has 1 atom stereocenters. The summed E-state index contributed by atoms with van der Waals surface area (Å²) in [4.78, 5) is 4.78. The number of benzene rings is 1. The number of aromatic nitrogens is 1. The number of rotatable bonds is 6. The van der Waals surface area contributed by atoms with Crippen molar-refractivity contribution in [1.82, 2.24) is 4.98 Å². The van der Waals surface area contributed by atoms with Gasteiger partial charge in [0, 0.05) is 18.9 Å². The smallest absolute Gasteiger partial charge is 0.125 e. The summed E-state index contributed by atoms with van der Waals surface area (Å²) in [6.07, 6.45) is 0.970. The van der Waals surface area contributed by atoms with E-state index in [9.17, 15) is 5.11 Å². The van der Waals surface area contributed by atoms with Crippen LogP contribution in [0.15, 0.2) is 36.0 Å². The highest BCUT2D eigenvalue weighted by molar-refractivity contribution is 7.09. The molecule has 0 amide bonds. The van der Waals surface area contributed by atoms with Crippen LogP contribution in [0.4, 0.5) is 0 Å². The van der Waals surface area contributed by atoms with E-state index in [-0.39, 0.29) is 0 Å². The maximum atomic E-state index is 10.3. The predicted octanol–water partition coefficient (Wildman–Crippen LogP) is 2.25. The van der Waals surface area contributed by atoms with Gasteiger partial charge in [-0.3, -0.25) is 4.98 Å². The van der Waals surface area contributed by atoms with Crippen LogP contribution in [0, 0.1) is 0 Å². The van der Waals surface area contributed by atoms with E-state index >= 15 is 0 Å². The normalized spacial score (nSPS) is 12.3. The molecule has 0 aliphatic rings. The van der Waals surface area contributed by atoms with E-state index in [1.54, 1.807) is 18.8 Å². The lowest BCUT2D eigenvalue weighted by atomic mass is 10.1. The van der Waals surface area contributed by atoms with E-state index in [0.717, 1.165) is 10.4 Å². The average molecular weight is 265 g/mol. The number of nitrogens with zero attached hydrogens (tertiary/aromatic N) is 1. The molecule has 1 heterocycles. The molecule has 0 spiro atoms. The monoisotopic (exact) mass is 265 g/mol. The zero-order chi connectivity index (χ0) is 12.8. The maximum Gasteiger partial charge on any atom is 0.125 e. The molecule has 0 saturated heterocycles. The van der Waals surface area contributed by atoms with Crippen LogP contribution in [0.1, 0.15) is 16.5 Å². The topological polar surface area (TPSA) is 51.6 Å². The van der Waals surface area contributed by atoms with Crippen molar-refractivity contribution in [3.63, 3.8) is 0 Å². The Kier molecular flexibility index (Phi) is 4.69. The van der Waals surface area contributed by atoms with Crippen molar-refractivity contribution in [2.75, 3.05) is 20.3 Å². The first-order chi connectivity index (χ1) is 8.83. The summed E-state index contributed by atoms with van der Waals surface area (Å²) in [5, 5.41) is 10.3. The summed E-state index contributed by atoms with van der Waals surface area (Å²) < 4.78 is 10.5. The van der Waals surface area contributed by atoms with Crippen molar-refractivity contribution in [3.8, 4) is 5.75 Å². The summed E-state index contributed by atoms with van der Waals surface area (Å²) in [6.45, 7) is 0.980. The van der Waals surface area contributed by atoms with Crippen molar-refractivity contribution in [3.05, 3.63) is 46.4 Å². The van der Waals surface area contributed by atoms with Crippen molar-refractivity contribution in [2.24, 2.45) is 0 Å². The molecule has 0 aliphatic carbocycles. The Morgan fingerprint density at radius 2 is 2.17 bits per heavy atom. The first-order valence-electron chi connectivity index (χ1n) is 5.60. The fourth-order valence-corrected chi connectivity index (χ4v) is 2.21. The standard InChI is InChI=1S/C13H15NO3S/c1-16-6-7-17-11-5-3-2-4-10(11)13(15)12-8-14-9-18-12/h2-5,8-9,13,15H,6-7H2,1H3. The van der Waals surface area contributed by atoms with Gasteiger partial charge in [-0.05, 0) is 6.07 Å². The molecule has 0 aliphatic heterocycles. The lowest BCUT2D eigenvalue weighted by Gasteiger charge is -2.14. The number of ether oxygens (including phenoxy) is 2. The highest BCUT2D eigenvalue weighted by Gasteiger charge is 2.16. The molecule has 96 valence electrons. The number of methoxy groups -OCH3 is 1. The molecule has 1 unspecified atom stereocenters. The van der Waals surface area contributed by atoms with Crippen LogP contribution in [0.3, 0.4) is 0 Å². The molecular weight excluding hydrogens is 250 g/mol. The second kappa shape index (κ2) is 6.49. The van der Waals surface area contributed by atoms with Crippen molar-refractivity contribution >= 4 is 11.3 Å². The molecule has 0 saturated carbocycles. The van der Waals surface area contributed by atoms with Crippen LogP contribution in [0.5, 0.6) is 5.75 Å². The number of thiazole rings is 1. The Balaban J connectivity index is 2.16. The fraction of sp³-hybridized carbons (Fsp3) is 0.308. The van der Waals surface area contributed by atoms with Gasteiger partial charge in [0.05, 0.1) is 17.0 Å². The molecule has 1 aromatic heterocycles. The maximum absolute atomic E-state index is 10.3. The van der Waals surface area contributed by atoms with Crippen LogP contribution in [0.2, 0.25) is 0 Å². The van der Waals surface area contributed by atoms with Crippen LogP contribution < -0.4 is 4.74 Å². The lowest BCUT2D eigenvalue weighted by Crippen LogP contribution is -2.07. The predicted molar refractivity (Wildman–Crippen MR) is 70.0 cm³/mol. The van der Waals surface area contributed by atoms with E-state index < -0.39 is 6.10 Å². The number of aliphatic hydroxyl groups is 1. The first kappa shape index (κ1) is 13.0. The van der Waals surface area contributed by atoms with Crippen LogP contribution in [-0.4, -0.2) is 30.4 Å². The molecule has 4 nitrogen and oxygen atoms in total. The van der Waals surface area contributed by atoms with Crippen molar-refractivity contribution in [2.45, 2.75) is 6.10 Å². The van der Waals surface area contributed by atoms with Gasteiger partial charge in [-0.25, -0.2) is 0 Å². The van der Waals surface area contributed by atoms with Crippen LogP contribution in [-0.2, 0) is 4.74 Å². The van der Waals surface area contributed by atoms with E-state index in [1.165, 1.54) is 11.3 Å². The van der Waals surface area contributed by atoms with Gasteiger partial charge in [0.15, 0.2) is 0 Å². The summed E-state index contributed by atoms with van der Waals surface area (Å²) in [5.41, 5.74) is 2.45.